The Kier molecular flexibility index (Phi) is 3.55. The fourth-order valence-corrected chi connectivity index (χ4v) is 2.10. The van der Waals surface area contributed by atoms with Gasteiger partial charge in [-0.1, -0.05) is 6.07 Å². The van der Waals surface area contributed by atoms with Gasteiger partial charge in [0.1, 0.15) is 0 Å². The third-order valence-electron chi connectivity index (χ3n) is 3.13. The zero-order valence-electron chi connectivity index (χ0n) is 11.1. The van der Waals surface area contributed by atoms with Gasteiger partial charge in [-0.25, -0.2) is 4.98 Å². The second-order valence-electron chi connectivity index (χ2n) is 4.49. The quantitative estimate of drug-likeness (QED) is 0.671. The Bertz CT molecular complexity index is 675. The Morgan fingerprint density at radius 3 is 3.00 bits per heavy atom. The van der Waals surface area contributed by atoms with E-state index in [2.05, 4.69) is 10.3 Å². The van der Waals surface area contributed by atoms with Crippen LogP contribution in [0.15, 0.2) is 36.5 Å². The SMILES string of the molecule is O=[N+]([O-])c1cccnc1NCCc1ccc2c(c1)OCO2. The van der Waals surface area contributed by atoms with E-state index >= 15 is 0 Å². The molecule has 0 atom stereocenters. The maximum atomic E-state index is 10.9. The minimum absolute atomic E-state index is 0.0248. The number of pyridine rings is 1. The molecule has 0 unspecified atom stereocenters. The number of benzene rings is 1. The average molecular weight is 287 g/mol. The molecule has 0 bridgehead atoms. The number of nitro groups is 1. The van der Waals surface area contributed by atoms with Gasteiger partial charge in [0.15, 0.2) is 11.5 Å². The van der Waals surface area contributed by atoms with E-state index in [0.717, 1.165) is 17.1 Å². The van der Waals surface area contributed by atoms with Crippen LogP contribution in [0.3, 0.4) is 0 Å². The van der Waals surface area contributed by atoms with Gasteiger partial charge in [-0.3, -0.25) is 10.1 Å². The third-order valence-corrected chi connectivity index (χ3v) is 3.13. The van der Waals surface area contributed by atoms with E-state index in [1.165, 1.54) is 12.3 Å². The monoisotopic (exact) mass is 287 g/mol. The van der Waals surface area contributed by atoms with Crippen molar-refractivity contribution in [3.05, 3.63) is 52.2 Å². The van der Waals surface area contributed by atoms with Crippen LogP contribution in [0.25, 0.3) is 0 Å². The topological polar surface area (TPSA) is 86.5 Å². The molecule has 1 N–H and O–H groups in total. The molecule has 2 aromatic rings. The van der Waals surface area contributed by atoms with Crippen molar-refractivity contribution in [1.29, 1.82) is 0 Å². The van der Waals surface area contributed by atoms with Gasteiger partial charge in [0.2, 0.25) is 12.6 Å². The van der Waals surface area contributed by atoms with Gasteiger partial charge in [0, 0.05) is 18.8 Å². The molecule has 1 aromatic heterocycles. The second-order valence-corrected chi connectivity index (χ2v) is 4.49. The van der Waals surface area contributed by atoms with Crippen molar-refractivity contribution < 1.29 is 14.4 Å². The summed E-state index contributed by atoms with van der Waals surface area (Å²) in [5.41, 5.74) is 1.04. The first kappa shape index (κ1) is 13.2. The number of nitrogens with zero attached hydrogens (tertiary/aromatic N) is 2. The van der Waals surface area contributed by atoms with Crippen LogP contribution in [0.2, 0.25) is 0 Å². The summed E-state index contributed by atoms with van der Waals surface area (Å²) in [5.74, 6) is 1.76. The molecular weight excluding hydrogens is 274 g/mol. The summed E-state index contributed by atoms with van der Waals surface area (Å²) in [5, 5.41) is 13.9. The first-order valence-electron chi connectivity index (χ1n) is 6.46. The highest BCUT2D eigenvalue weighted by Crippen LogP contribution is 2.32. The molecule has 0 spiro atoms. The lowest BCUT2D eigenvalue weighted by Crippen LogP contribution is -2.08. The molecule has 0 saturated carbocycles. The number of anilines is 1. The molecule has 0 radical (unpaired) electrons. The standard InChI is InChI=1S/C14H13N3O4/c18-17(19)11-2-1-6-15-14(11)16-7-5-10-3-4-12-13(8-10)21-9-20-12/h1-4,6,8H,5,7,9H2,(H,15,16). The first-order valence-corrected chi connectivity index (χ1v) is 6.46. The van der Waals surface area contributed by atoms with Gasteiger partial charge in [0.05, 0.1) is 4.92 Å². The molecule has 108 valence electrons. The highest BCUT2D eigenvalue weighted by atomic mass is 16.7. The minimum Gasteiger partial charge on any atom is -0.454 e. The van der Waals surface area contributed by atoms with E-state index in [1.54, 1.807) is 6.07 Å². The molecule has 2 heterocycles. The Labute approximate surface area is 120 Å². The molecule has 7 heteroatoms. The van der Waals surface area contributed by atoms with Crippen LogP contribution in [-0.4, -0.2) is 23.2 Å². The Morgan fingerprint density at radius 1 is 1.29 bits per heavy atom. The van der Waals surface area contributed by atoms with Gasteiger partial charge in [-0.2, -0.15) is 0 Å². The summed E-state index contributed by atoms with van der Waals surface area (Å²) in [7, 11) is 0. The van der Waals surface area contributed by atoms with Gasteiger partial charge >= 0.3 is 5.69 Å². The maximum absolute atomic E-state index is 10.9. The van der Waals surface area contributed by atoms with E-state index in [1.807, 2.05) is 18.2 Å². The highest BCUT2D eigenvalue weighted by Gasteiger charge is 2.15. The number of ether oxygens (including phenoxy) is 2. The van der Waals surface area contributed by atoms with Crippen LogP contribution in [0.4, 0.5) is 11.5 Å². The molecule has 1 aliphatic heterocycles. The largest absolute Gasteiger partial charge is 0.454 e. The number of nitrogens with one attached hydrogen (secondary N) is 1. The first-order chi connectivity index (χ1) is 10.2. The molecule has 0 amide bonds. The zero-order valence-corrected chi connectivity index (χ0v) is 11.1. The highest BCUT2D eigenvalue weighted by molar-refractivity contribution is 5.55. The predicted molar refractivity (Wildman–Crippen MR) is 75.7 cm³/mol. The summed E-state index contributed by atoms with van der Waals surface area (Å²) < 4.78 is 10.6. The second kappa shape index (κ2) is 5.66. The fraction of sp³-hybridized carbons (Fsp3) is 0.214. The Balaban J connectivity index is 1.63. The molecular formula is C14H13N3O4. The van der Waals surface area contributed by atoms with E-state index in [-0.39, 0.29) is 18.3 Å². The number of rotatable bonds is 5. The Hall–Kier alpha value is -2.83. The molecule has 0 aliphatic carbocycles. The lowest BCUT2D eigenvalue weighted by Gasteiger charge is -2.06. The van der Waals surface area contributed by atoms with Gasteiger partial charge in [-0.05, 0) is 30.2 Å². The van der Waals surface area contributed by atoms with Crippen LogP contribution in [0.1, 0.15) is 5.56 Å². The van der Waals surface area contributed by atoms with Crippen molar-refractivity contribution in [1.82, 2.24) is 4.98 Å². The van der Waals surface area contributed by atoms with Crippen molar-refractivity contribution in [2.75, 3.05) is 18.7 Å². The molecule has 3 rings (SSSR count). The number of hydrogen-bond acceptors (Lipinski definition) is 6. The lowest BCUT2D eigenvalue weighted by molar-refractivity contribution is -0.384. The molecule has 7 nitrogen and oxygen atoms in total. The van der Waals surface area contributed by atoms with Crippen molar-refractivity contribution in [3.63, 3.8) is 0 Å². The van der Waals surface area contributed by atoms with Crippen LogP contribution < -0.4 is 14.8 Å². The molecule has 1 aromatic carbocycles. The van der Waals surface area contributed by atoms with Gasteiger partial charge < -0.3 is 14.8 Å². The number of hydrogen-bond donors (Lipinski definition) is 1. The Morgan fingerprint density at radius 2 is 2.14 bits per heavy atom. The van der Waals surface area contributed by atoms with E-state index in [4.69, 9.17) is 9.47 Å². The van der Waals surface area contributed by atoms with Crippen LogP contribution in [0, 0.1) is 10.1 Å². The number of aromatic nitrogens is 1. The smallest absolute Gasteiger partial charge is 0.311 e. The summed E-state index contributed by atoms with van der Waals surface area (Å²) in [6.07, 6.45) is 2.22. The molecule has 0 saturated heterocycles. The normalized spacial score (nSPS) is 12.2. The van der Waals surface area contributed by atoms with E-state index < -0.39 is 4.92 Å². The van der Waals surface area contributed by atoms with Crippen LogP contribution in [-0.2, 0) is 6.42 Å². The fourth-order valence-electron chi connectivity index (χ4n) is 2.10. The zero-order chi connectivity index (χ0) is 14.7. The van der Waals surface area contributed by atoms with E-state index in [0.29, 0.717) is 13.0 Å². The maximum Gasteiger partial charge on any atom is 0.311 e. The van der Waals surface area contributed by atoms with Gasteiger partial charge in [0.25, 0.3) is 0 Å². The van der Waals surface area contributed by atoms with Crippen molar-refractivity contribution in [2.24, 2.45) is 0 Å². The summed E-state index contributed by atoms with van der Waals surface area (Å²) in [4.78, 5) is 14.4. The summed E-state index contributed by atoms with van der Waals surface area (Å²) >= 11 is 0. The van der Waals surface area contributed by atoms with Crippen molar-refractivity contribution >= 4 is 11.5 Å². The predicted octanol–water partition coefficient (Wildman–Crippen LogP) is 2.37. The third kappa shape index (κ3) is 2.86. The molecule has 0 fully saturated rings. The average Bonchev–Trinajstić information content (AvgIpc) is 2.95. The van der Waals surface area contributed by atoms with Crippen molar-refractivity contribution in [3.8, 4) is 11.5 Å². The van der Waals surface area contributed by atoms with Crippen molar-refractivity contribution in [2.45, 2.75) is 6.42 Å². The molecule has 1 aliphatic rings. The van der Waals surface area contributed by atoms with Crippen LogP contribution >= 0.6 is 0 Å². The minimum atomic E-state index is -0.449. The summed E-state index contributed by atoms with van der Waals surface area (Å²) in [6, 6.07) is 8.69. The number of fused-ring (bicyclic) bond motifs is 1. The lowest BCUT2D eigenvalue weighted by atomic mass is 10.1. The van der Waals surface area contributed by atoms with Crippen LogP contribution in [0.5, 0.6) is 11.5 Å². The van der Waals surface area contributed by atoms with E-state index in [9.17, 15) is 10.1 Å². The van der Waals surface area contributed by atoms with Gasteiger partial charge in [-0.15, -0.1) is 0 Å². The molecule has 21 heavy (non-hydrogen) atoms. The summed E-state index contributed by atoms with van der Waals surface area (Å²) in [6.45, 7) is 0.786.